The van der Waals surface area contributed by atoms with Gasteiger partial charge in [0.25, 0.3) is 0 Å². The lowest BCUT2D eigenvalue weighted by Crippen LogP contribution is -2.21. The third kappa shape index (κ3) is 4.45. The van der Waals surface area contributed by atoms with Crippen molar-refractivity contribution in [2.75, 3.05) is 20.1 Å². The lowest BCUT2D eigenvalue weighted by molar-refractivity contribution is 0.0697. The van der Waals surface area contributed by atoms with Crippen LogP contribution in [0, 0.1) is 6.92 Å². The molecule has 1 aliphatic heterocycles. The highest BCUT2D eigenvalue weighted by Crippen LogP contribution is 2.32. The van der Waals surface area contributed by atoms with Gasteiger partial charge in [0.15, 0.2) is 0 Å². The molecule has 2 aromatic carbocycles. The molecule has 5 heteroatoms. The first kappa shape index (κ1) is 18.5. The Bertz CT molecular complexity index is 824. The Morgan fingerprint density at radius 3 is 2.69 bits per heavy atom. The molecular weight excluding hydrogens is 350 g/mol. The van der Waals surface area contributed by atoms with Crippen LogP contribution in [-0.2, 0) is 0 Å². The van der Waals surface area contributed by atoms with E-state index in [-0.39, 0.29) is 11.7 Å². The number of carboxylic acid groups (broad SMARTS) is 1. The Morgan fingerprint density at radius 1 is 1.27 bits per heavy atom. The van der Waals surface area contributed by atoms with Gasteiger partial charge in [0.2, 0.25) is 0 Å². The maximum Gasteiger partial charge on any atom is 0.335 e. The van der Waals surface area contributed by atoms with E-state index in [1.807, 2.05) is 37.3 Å². The van der Waals surface area contributed by atoms with Gasteiger partial charge in [0.1, 0.15) is 11.9 Å². The average Bonchev–Trinajstić information content (AvgIpc) is 3.01. The third-order valence-electron chi connectivity index (χ3n) is 4.49. The zero-order valence-corrected chi connectivity index (χ0v) is 15.7. The van der Waals surface area contributed by atoms with E-state index in [1.54, 1.807) is 18.2 Å². The summed E-state index contributed by atoms with van der Waals surface area (Å²) in [7, 11) is 2.09. The molecule has 1 N–H and O–H groups in total. The van der Waals surface area contributed by atoms with Gasteiger partial charge >= 0.3 is 5.97 Å². The predicted molar refractivity (Wildman–Crippen MR) is 105 cm³/mol. The van der Waals surface area contributed by atoms with Crippen molar-refractivity contribution < 1.29 is 14.6 Å². The van der Waals surface area contributed by atoms with Crippen LogP contribution in [0.1, 0.15) is 33.5 Å². The number of nitrogens with zero attached hydrogens (tertiary/aromatic N) is 1. The number of halogens is 1. The highest BCUT2D eigenvalue weighted by molar-refractivity contribution is 6.32. The molecule has 1 aliphatic rings. The van der Waals surface area contributed by atoms with Gasteiger partial charge in [-0.15, -0.1) is 0 Å². The van der Waals surface area contributed by atoms with Crippen LogP contribution in [0.4, 0.5) is 0 Å². The first-order chi connectivity index (χ1) is 12.4. The maximum absolute atomic E-state index is 11.1. The monoisotopic (exact) mass is 371 g/mol. The van der Waals surface area contributed by atoms with E-state index < -0.39 is 5.97 Å². The zero-order chi connectivity index (χ0) is 18.7. The summed E-state index contributed by atoms with van der Waals surface area (Å²) in [5, 5.41) is 9.67. The molecule has 1 unspecified atom stereocenters. The molecule has 136 valence electrons. The number of rotatable bonds is 5. The van der Waals surface area contributed by atoms with Crippen molar-refractivity contribution in [2.45, 2.75) is 19.4 Å². The van der Waals surface area contributed by atoms with Crippen molar-refractivity contribution in [3.63, 3.8) is 0 Å². The number of aryl methyl sites for hydroxylation is 1. The number of aromatic carboxylic acids is 1. The fourth-order valence-corrected chi connectivity index (χ4v) is 3.45. The number of likely N-dealkylation sites (N-methyl/N-ethyl adjacent to an activating group) is 1. The molecule has 4 nitrogen and oxygen atoms in total. The smallest absolute Gasteiger partial charge is 0.335 e. The van der Waals surface area contributed by atoms with Gasteiger partial charge in [0.05, 0.1) is 10.6 Å². The van der Waals surface area contributed by atoms with E-state index in [4.69, 9.17) is 21.4 Å². The summed E-state index contributed by atoms with van der Waals surface area (Å²) in [6, 6.07) is 10.7. The van der Waals surface area contributed by atoms with Crippen LogP contribution in [0.3, 0.4) is 0 Å². The summed E-state index contributed by atoms with van der Waals surface area (Å²) in [5.41, 5.74) is 3.04. The molecule has 0 saturated carbocycles. The Hall–Kier alpha value is -2.30. The highest BCUT2D eigenvalue weighted by atomic mass is 35.5. The average molecular weight is 372 g/mol. The Balaban J connectivity index is 1.77. The number of carboxylic acids is 1. The van der Waals surface area contributed by atoms with Crippen LogP contribution in [-0.4, -0.2) is 42.2 Å². The Labute approximate surface area is 158 Å². The number of carbonyl (C=O) groups is 1. The van der Waals surface area contributed by atoms with E-state index in [0.29, 0.717) is 5.02 Å². The van der Waals surface area contributed by atoms with Crippen molar-refractivity contribution in [2.24, 2.45) is 0 Å². The van der Waals surface area contributed by atoms with E-state index >= 15 is 0 Å². The number of hydrogen-bond acceptors (Lipinski definition) is 3. The molecule has 2 aromatic rings. The van der Waals surface area contributed by atoms with E-state index in [0.717, 1.165) is 42.0 Å². The van der Waals surface area contributed by atoms with E-state index in [2.05, 4.69) is 11.9 Å². The summed E-state index contributed by atoms with van der Waals surface area (Å²) in [6.07, 6.45) is 4.99. The SMILES string of the molecule is Cc1cc(/C=C/c2cccc(C(=O)O)c2)cc(Cl)c1OC1CCN(C)C1. The molecule has 1 saturated heterocycles. The van der Waals surface area contributed by atoms with Gasteiger partial charge in [-0.05, 0) is 61.3 Å². The largest absolute Gasteiger partial charge is 0.487 e. The van der Waals surface area contributed by atoms with Crippen LogP contribution < -0.4 is 4.74 Å². The standard InChI is InChI=1S/C21H22ClNO3/c1-14-10-16(7-6-15-4-3-5-17(11-15)21(24)25)12-19(22)20(14)26-18-8-9-23(2)13-18/h3-7,10-12,18H,8-9,13H2,1-2H3,(H,24,25)/b7-6+. The van der Waals surface area contributed by atoms with Crippen molar-refractivity contribution in [1.29, 1.82) is 0 Å². The second-order valence-electron chi connectivity index (χ2n) is 6.70. The fourth-order valence-electron chi connectivity index (χ4n) is 3.13. The molecule has 0 aliphatic carbocycles. The zero-order valence-electron chi connectivity index (χ0n) is 14.9. The highest BCUT2D eigenvalue weighted by Gasteiger charge is 2.22. The molecular formula is C21H22ClNO3. The predicted octanol–water partition coefficient (Wildman–Crippen LogP) is 4.60. The minimum absolute atomic E-state index is 0.177. The second-order valence-corrected chi connectivity index (χ2v) is 7.11. The molecule has 0 amide bonds. The molecule has 3 rings (SSSR count). The van der Waals surface area contributed by atoms with Gasteiger partial charge in [-0.1, -0.05) is 35.9 Å². The van der Waals surface area contributed by atoms with Crippen molar-refractivity contribution in [1.82, 2.24) is 4.90 Å². The van der Waals surface area contributed by atoms with Gasteiger partial charge in [-0.2, -0.15) is 0 Å². The van der Waals surface area contributed by atoms with Gasteiger partial charge in [-0.3, -0.25) is 0 Å². The van der Waals surface area contributed by atoms with Gasteiger partial charge < -0.3 is 14.7 Å². The third-order valence-corrected chi connectivity index (χ3v) is 4.77. The number of benzene rings is 2. The second kappa shape index (κ2) is 7.94. The molecule has 0 bridgehead atoms. The molecule has 0 spiro atoms. The molecule has 1 heterocycles. The molecule has 26 heavy (non-hydrogen) atoms. The summed E-state index contributed by atoms with van der Waals surface area (Å²) in [4.78, 5) is 13.3. The lowest BCUT2D eigenvalue weighted by atomic mass is 10.1. The van der Waals surface area contributed by atoms with Crippen LogP contribution in [0.2, 0.25) is 5.02 Å². The summed E-state index contributed by atoms with van der Waals surface area (Å²) in [6.45, 7) is 3.94. The van der Waals surface area contributed by atoms with Gasteiger partial charge in [0, 0.05) is 13.1 Å². The van der Waals surface area contributed by atoms with Gasteiger partial charge in [-0.25, -0.2) is 4.79 Å². The maximum atomic E-state index is 11.1. The van der Waals surface area contributed by atoms with Crippen LogP contribution in [0.15, 0.2) is 36.4 Å². The summed E-state index contributed by atoms with van der Waals surface area (Å²) in [5.74, 6) is -0.185. The number of ether oxygens (including phenoxy) is 1. The van der Waals surface area contributed by atoms with Crippen molar-refractivity contribution in [3.05, 3.63) is 63.7 Å². The first-order valence-corrected chi connectivity index (χ1v) is 8.97. The van der Waals surface area contributed by atoms with Crippen molar-refractivity contribution in [3.8, 4) is 5.75 Å². The lowest BCUT2D eigenvalue weighted by Gasteiger charge is -2.17. The quantitative estimate of drug-likeness (QED) is 0.780. The molecule has 0 aromatic heterocycles. The van der Waals surface area contributed by atoms with Crippen molar-refractivity contribution >= 4 is 29.7 Å². The van der Waals surface area contributed by atoms with Crippen LogP contribution >= 0.6 is 11.6 Å². The molecule has 1 fully saturated rings. The normalized spacial score (nSPS) is 17.7. The van der Waals surface area contributed by atoms with Crippen LogP contribution in [0.25, 0.3) is 12.2 Å². The molecule has 0 radical (unpaired) electrons. The van der Waals surface area contributed by atoms with Crippen LogP contribution in [0.5, 0.6) is 5.75 Å². The Kier molecular flexibility index (Phi) is 5.64. The summed E-state index contributed by atoms with van der Waals surface area (Å²) >= 11 is 6.45. The minimum Gasteiger partial charge on any atom is -0.487 e. The Morgan fingerprint density at radius 2 is 2.04 bits per heavy atom. The first-order valence-electron chi connectivity index (χ1n) is 8.59. The molecule has 1 atom stereocenters. The minimum atomic E-state index is -0.932. The number of likely N-dealkylation sites (tertiary alicyclic amines) is 1. The van der Waals surface area contributed by atoms with E-state index in [9.17, 15) is 4.79 Å². The topological polar surface area (TPSA) is 49.8 Å². The fraction of sp³-hybridized carbons (Fsp3) is 0.286. The summed E-state index contributed by atoms with van der Waals surface area (Å²) < 4.78 is 6.10. The van der Waals surface area contributed by atoms with E-state index in [1.165, 1.54) is 0 Å². The number of hydrogen-bond donors (Lipinski definition) is 1.